The fourth-order valence-corrected chi connectivity index (χ4v) is 2.16. The fourth-order valence-electron chi connectivity index (χ4n) is 2.16. The zero-order valence-electron chi connectivity index (χ0n) is 13.1. The van der Waals surface area contributed by atoms with Crippen LogP contribution in [0.5, 0.6) is 11.5 Å². The smallest absolute Gasteiger partial charge is 0.303 e. The highest BCUT2D eigenvalue weighted by Crippen LogP contribution is 2.27. The first kappa shape index (κ1) is 16.9. The summed E-state index contributed by atoms with van der Waals surface area (Å²) in [4.78, 5) is 10.4. The summed E-state index contributed by atoms with van der Waals surface area (Å²) in [7, 11) is 0. The van der Waals surface area contributed by atoms with Crippen molar-refractivity contribution in [2.45, 2.75) is 32.3 Å². The van der Waals surface area contributed by atoms with Gasteiger partial charge in [-0.15, -0.1) is 0 Å². The lowest BCUT2D eigenvalue weighted by Crippen LogP contribution is -2.02. The van der Waals surface area contributed by atoms with Gasteiger partial charge in [-0.2, -0.15) is 0 Å². The summed E-state index contributed by atoms with van der Waals surface area (Å²) in [6.07, 6.45) is 2.58. The summed E-state index contributed by atoms with van der Waals surface area (Å²) < 4.78 is 11.6. The number of aliphatic carboxylic acids is 1. The Labute approximate surface area is 136 Å². The Morgan fingerprint density at radius 1 is 0.826 bits per heavy atom. The van der Waals surface area contributed by atoms with E-state index >= 15 is 0 Å². The van der Waals surface area contributed by atoms with E-state index in [1.54, 1.807) is 0 Å². The van der Waals surface area contributed by atoms with Crippen molar-refractivity contribution in [2.24, 2.45) is 0 Å². The Morgan fingerprint density at radius 3 is 2.17 bits per heavy atom. The third-order valence-electron chi connectivity index (χ3n) is 3.38. The Balaban J connectivity index is 1.77. The quantitative estimate of drug-likeness (QED) is 0.665. The molecule has 0 aliphatic carbocycles. The number of carboxylic acid groups (broad SMARTS) is 1. The van der Waals surface area contributed by atoms with Gasteiger partial charge in [0, 0.05) is 6.42 Å². The maximum atomic E-state index is 10.4. The average molecular weight is 314 g/mol. The Kier molecular flexibility index (Phi) is 6.98. The van der Waals surface area contributed by atoms with Crippen LogP contribution in [0.15, 0.2) is 54.6 Å². The van der Waals surface area contributed by atoms with Crippen LogP contribution in [-0.2, 0) is 11.4 Å². The molecule has 0 atom stereocenters. The highest BCUT2D eigenvalue weighted by molar-refractivity contribution is 5.66. The van der Waals surface area contributed by atoms with Crippen LogP contribution in [-0.4, -0.2) is 17.7 Å². The van der Waals surface area contributed by atoms with Gasteiger partial charge in [0.15, 0.2) is 11.5 Å². The minimum Gasteiger partial charge on any atom is -0.490 e. The van der Waals surface area contributed by atoms with Crippen LogP contribution in [0.1, 0.15) is 31.2 Å². The van der Waals surface area contributed by atoms with Gasteiger partial charge >= 0.3 is 5.97 Å². The van der Waals surface area contributed by atoms with Gasteiger partial charge in [-0.25, -0.2) is 0 Å². The van der Waals surface area contributed by atoms with Gasteiger partial charge < -0.3 is 14.6 Å². The van der Waals surface area contributed by atoms with Gasteiger partial charge in [0.05, 0.1) is 6.61 Å². The molecule has 0 saturated heterocycles. The molecule has 2 rings (SSSR count). The van der Waals surface area contributed by atoms with Crippen LogP contribution in [0, 0.1) is 0 Å². The van der Waals surface area contributed by atoms with E-state index in [1.165, 1.54) is 0 Å². The van der Waals surface area contributed by atoms with Crippen molar-refractivity contribution in [3.05, 3.63) is 60.2 Å². The molecule has 122 valence electrons. The fraction of sp³-hybridized carbons (Fsp3) is 0.316. The van der Waals surface area contributed by atoms with Gasteiger partial charge in [-0.3, -0.25) is 4.79 Å². The van der Waals surface area contributed by atoms with E-state index in [0.29, 0.717) is 19.6 Å². The van der Waals surface area contributed by atoms with Crippen molar-refractivity contribution in [2.75, 3.05) is 6.61 Å². The minimum absolute atomic E-state index is 0.219. The van der Waals surface area contributed by atoms with E-state index in [0.717, 1.165) is 29.9 Å². The lowest BCUT2D eigenvalue weighted by Gasteiger charge is -2.12. The molecule has 0 fully saturated rings. The van der Waals surface area contributed by atoms with Gasteiger partial charge in [0.25, 0.3) is 0 Å². The predicted octanol–water partition coefficient (Wildman–Crippen LogP) is 4.29. The minimum atomic E-state index is -0.745. The topological polar surface area (TPSA) is 55.8 Å². The molecule has 0 aliphatic rings. The van der Waals surface area contributed by atoms with Crippen LogP contribution in [0.4, 0.5) is 0 Å². The van der Waals surface area contributed by atoms with E-state index in [9.17, 15) is 4.79 Å². The molecule has 0 spiro atoms. The molecule has 1 N–H and O–H groups in total. The average Bonchev–Trinajstić information content (AvgIpc) is 2.57. The first-order valence-corrected chi connectivity index (χ1v) is 7.86. The Morgan fingerprint density at radius 2 is 1.48 bits per heavy atom. The number of benzene rings is 2. The molecule has 2 aromatic carbocycles. The first-order chi connectivity index (χ1) is 11.3. The molecule has 0 aliphatic heterocycles. The molecule has 0 aromatic heterocycles. The maximum absolute atomic E-state index is 10.4. The Bertz CT molecular complexity index is 595. The van der Waals surface area contributed by atoms with Crippen LogP contribution in [0.3, 0.4) is 0 Å². The molecular weight excluding hydrogens is 292 g/mol. The summed E-state index contributed by atoms with van der Waals surface area (Å²) in [5.41, 5.74) is 1.11. The van der Waals surface area contributed by atoms with Gasteiger partial charge in [0.2, 0.25) is 0 Å². The molecule has 4 nitrogen and oxygen atoms in total. The van der Waals surface area contributed by atoms with Crippen molar-refractivity contribution in [3.8, 4) is 11.5 Å². The monoisotopic (exact) mass is 314 g/mol. The number of hydrogen-bond acceptors (Lipinski definition) is 3. The van der Waals surface area contributed by atoms with Crippen molar-refractivity contribution in [1.29, 1.82) is 0 Å². The largest absolute Gasteiger partial charge is 0.490 e. The lowest BCUT2D eigenvalue weighted by atomic mass is 10.2. The number of carboxylic acids is 1. The molecule has 0 saturated carbocycles. The molecule has 0 heterocycles. The molecular formula is C19H22O4. The number of unbranched alkanes of at least 4 members (excludes halogenated alkanes) is 2. The molecule has 0 bridgehead atoms. The normalized spacial score (nSPS) is 10.3. The van der Waals surface area contributed by atoms with Gasteiger partial charge in [0.1, 0.15) is 6.61 Å². The number of hydrogen-bond donors (Lipinski definition) is 1. The standard InChI is InChI=1S/C19H22O4/c20-19(21)13-5-2-8-14-22-17-11-6-7-12-18(17)23-15-16-9-3-1-4-10-16/h1,3-4,6-7,9-12H,2,5,8,13-15H2,(H,20,21). The molecule has 0 amide bonds. The molecule has 0 unspecified atom stereocenters. The highest BCUT2D eigenvalue weighted by Gasteiger charge is 2.05. The van der Waals surface area contributed by atoms with E-state index in [4.69, 9.17) is 14.6 Å². The number of carbonyl (C=O) groups is 1. The second kappa shape index (κ2) is 9.51. The van der Waals surface area contributed by atoms with Gasteiger partial charge in [-0.1, -0.05) is 42.5 Å². The summed E-state index contributed by atoms with van der Waals surface area (Å²) in [6.45, 7) is 1.06. The predicted molar refractivity (Wildman–Crippen MR) is 88.8 cm³/mol. The molecule has 2 aromatic rings. The van der Waals surface area contributed by atoms with Crippen LogP contribution in [0.25, 0.3) is 0 Å². The third-order valence-corrected chi connectivity index (χ3v) is 3.38. The van der Waals surface area contributed by atoms with Crippen molar-refractivity contribution < 1.29 is 19.4 Å². The van der Waals surface area contributed by atoms with Crippen LogP contribution < -0.4 is 9.47 Å². The SMILES string of the molecule is O=C(O)CCCCCOc1ccccc1OCc1ccccc1. The maximum Gasteiger partial charge on any atom is 0.303 e. The summed E-state index contributed by atoms with van der Waals surface area (Å²) in [5.74, 6) is 0.703. The zero-order valence-corrected chi connectivity index (χ0v) is 13.1. The number of rotatable bonds is 10. The lowest BCUT2D eigenvalue weighted by molar-refractivity contribution is -0.137. The Hall–Kier alpha value is -2.49. The van der Waals surface area contributed by atoms with Crippen LogP contribution in [0.2, 0.25) is 0 Å². The van der Waals surface area contributed by atoms with Gasteiger partial charge in [-0.05, 0) is 37.0 Å². The molecule has 0 radical (unpaired) electrons. The highest BCUT2D eigenvalue weighted by atomic mass is 16.5. The number of para-hydroxylation sites is 2. The van der Waals surface area contributed by atoms with E-state index < -0.39 is 5.97 Å². The summed E-state index contributed by atoms with van der Waals surface area (Å²) in [5, 5.41) is 8.59. The second-order valence-corrected chi connectivity index (χ2v) is 5.27. The number of ether oxygens (including phenoxy) is 2. The second-order valence-electron chi connectivity index (χ2n) is 5.27. The first-order valence-electron chi connectivity index (χ1n) is 7.86. The van der Waals surface area contributed by atoms with E-state index in [1.807, 2.05) is 54.6 Å². The van der Waals surface area contributed by atoms with Crippen molar-refractivity contribution >= 4 is 5.97 Å². The zero-order chi connectivity index (χ0) is 16.3. The van der Waals surface area contributed by atoms with Crippen molar-refractivity contribution in [3.63, 3.8) is 0 Å². The molecule has 23 heavy (non-hydrogen) atoms. The third kappa shape index (κ3) is 6.43. The summed E-state index contributed by atoms with van der Waals surface area (Å²) >= 11 is 0. The van der Waals surface area contributed by atoms with E-state index in [-0.39, 0.29) is 6.42 Å². The van der Waals surface area contributed by atoms with Crippen LogP contribution >= 0.6 is 0 Å². The summed E-state index contributed by atoms with van der Waals surface area (Å²) in [6, 6.07) is 17.6. The van der Waals surface area contributed by atoms with E-state index in [2.05, 4.69) is 0 Å². The van der Waals surface area contributed by atoms with Crippen molar-refractivity contribution in [1.82, 2.24) is 0 Å². The molecule has 4 heteroatoms.